The molecule has 4 N–H and O–H groups in total. The van der Waals surface area contributed by atoms with Crippen molar-refractivity contribution in [1.82, 2.24) is 24.7 Å². The Kier molecular flexibility index (Phi) is 4.11. The van der Waals surface area contributed by atoms with E-state index in [1.165, 1.54) is 6.92 Å². The van der Waals surface area contributed by atoms with Crippen LogP contribution >= 0.6 is 11.3 Å². The molecule has 3 aromatic heterocycles. The monoisotopic (exact) mass is 444 g/mol. The molecule has 1 atom stereocenters. The zero-order valence-corrected chi connectivity index (χ0v) is 16.8. The van der Waals surface area contributed by atoms with Crippen LogP contribution in [0.3, 0.4) is 0 Å². The lowest BCUT2D eigenvalue weighted by molar-refractivity contribution is -0.248. The highest BCUT2D eigenvalue weighted by Crippen LogP contribution is 2.49. The number of para-hydroxylation sites is 3. The number of thiazole rings is 1. The SMILES string of the molecule is Cc1nn(-c2nc3ccccc3[nH]2)c(N)c1[C@@](O)(c1nc2ccccc2s1)C(F)(F)F. The van der Waals surface area contributed by atoms with E-state index in [4.69, 9.17) is 5.73 Å². The molecule has 0 aliphatic heterocycles. The van der Waals surface area contributed by atoms with Gasteiger partial charge < -0.3 is 15.8 Å². The van der Waals surface area contributed by atoms with Gasteiger partial charge in [0.05, 0.1) is 32.5 Å². The van der Waals surface area contributed by atoms with Crippen LogP contribution < -0.4 is 5.73 Å². The van der Waals surface area contributed by atoms with Crippen LogP contribution in [-0.4, -0.2) is 36.0 Å². The quantitative estimate of drug-likeness (QED) is 0.389. The topological polar surface area (TPSA) is 106 Å². The molecule has 0 spiro atoms. The molecule has 31 heavy (non-hydrogen) atoms. The van der Waals surface area contributed by atoms with Gasteiger partial charge in [-0.1, -0.05) is 24.3 Å². The Balaban J connectivity index is 1.74. The molecule has 0 amide bonds. The molecule has 0 saturated carbocycles. The van der Waals surface area contributed by atoms with E-state index in [2.05, 4.69) is 20.1 Å². The van der Waals surface area contributed by atoms with Gasteiger partial charge >= 0.3 is 6.18 Å². The second-order valence-electron chi connectivity index (χ2n) is 7.03. The molecule has 11 heteroatoms. The van der Waals surface area contributed by atoms with Crippen molar-refractivity contribution in [3.8, 4) is 5.95 Å². The zero-order valence-electron chi connectivity index (χ0n) is 16.0. The summed E-state index contributed by atoms with van der Waals surface area (Å²) in [7, 11) is 0. The number of anilines is 1. The Bertz CT molecular complexity index is 1370. The van der Waals surface area contributed by atoms with E-state index >= 15 is 0 Å². The number of nitrogens with two attached hydrogens (primary N) is 1. The fraction of sp³-hybridized carbons (Fsp3) is 0.150. The van der Waals surface area contributed by atoms with E-state index in [-0.39, 0.29) is 17.5 Å². The minimum absolute atomic E-state index is 0.0861. The third-order valence-corrected chi connectivity index (χ3v) is 6.19. The number of benzene rings is 2. The summed E-state index contributed by atoms with van der Waals surface area (Å²) in [6.45, 7) is 1.36. The highest BCUT2D eigenvalue weighted by atomic mass is 32.1. The maximum Gasteiger partial charge on any atom is 0.428 e. The van der Waals surface area contributed by atoms with Gasteiger partial charge in [-0.15, -0.1) is 11.3 Å². The number of hydrogen-bond acceptors (Lipinski definition) is 6. The van der Waals surface area contributed by atoms with Gasteiger partial charge in [0.1, 0.15) is 10.8 Å². The normalized spacial score (nSPS) is 14.4. The lowest BCUT2D eigenvalue weighted by atomic mass is 9.93. The molecule has 2 aromatic carbocycles. The predicted octanol–water partition coefficient (Wildman–Crippen LogP) is 4.05. The highest BCUT2D eigenvalue weighted by molar-refractivity contribution is 7.18. The summed E-state index contributed by atoms with van der Waals surface area (Å²) in [5.74, 6) is -0.238. The highest BCUT2D eigenvalue weighted by Gasteiger charge is 2.61. The lowest BCUT2D eigenvalue weighted by Crippen LogP contribution is -2.44. The van der Waals surface area contributed by atoms with Crippen molar-refractivity contribution in [1.29, 1.82) is 0 Å². The van der Waals surface area contributed by atoms with Crippen molar-refractivity contribution in [3.63, 3.8) is 0 Å². The van der Waals surface area contributed by atoms with Gasteiger partial charge in [0.2, 0.25) is 11.5 Å². The number of aliphatic hydroxyl groups is 1. The van der Waals surface area contributed by atoms with Crippen LogP contribution in [0.25, 0.3) is 27.2 Å². The van der Waals surface area contributed by atoms with Gasteiger partial charge in [-0.05, 0) is 31.2 Å². The molecule has 3 heterocycles. The number of aromatic nitrogens is 5. The van der Waals surface area contributed by atoms with Crippen molar-refractivity contribution in [2.75, 3.05) is 5.73 Å². The second-order valence-corrected chi connectivity index (χ2v) is 8.06. The number of nitrogens with zero attached hydrogens (tertiary/aromatic N) is 4. The lowest BCUT2D eigenvalue weighted by Gasteiger charge is -2.28. The van der Waals surface area contributed by atoms with Gasteiger partial charge in [0.25, 0.3) is 0 Å². The molecule has 5 aromatic rings. The first-order valence-corrected chi connectivity index (χ1v) is 9.97. The number of nitrogen functional groups attached to an aromatic ring is 1. The van der Waals surface area contributed by atoms with E-state index in [1.807, 2.05) is 0 Å². The Morgan fingerprint density at radius 1 is 1.03 bits per heavy atom. The van der Waals surface area contributed by atoms with Gasteiger partial charge in [-0.2, -0.15) is 23.0 Å². The van der Waals surface area contributed by atoms with Crippen LogP contribution in [0, 0.1) is 6.92 Å². The number of imidazole rings is 1. The minimum atomic E-state index is -5.10. The first-order chi connectivity index (χ1) is 14.7. The molecule has 0 unspecified atom stereocenters. The second kappa shape index (κ2) is 6.53. The van der Waals surface area contributed by atoms with Crippen molar-refractivity contribution < 1.29 is 18.3 Å². The van der Waals surface area contributed by atoms with Gasteiger partial charge in [0, 0.05) is 0 Å². The number of fused-ring (bicyclic) bond motifs is 2. The third kappa shape index (κ3) is 2.81. The molecule has 0 aliphatic carbocycles. The van der Waals surface area contributed by atoms with Crippen molar-refractivity contribution in [2.24, 2.45) is 0 Å². The molecule has 0 radical (unpaired) electrons. The maximum absolute atomic E-state index is 14.3. The van der Waals surface area contributed by atoms with Crippen LogP contribution in [0.2, 0.25) is 0 Å². The fourth-order valence-electron chi connectivity index (χ4n) is 3.59. The van der Waals surface area contributed by atoms with E-state index in [0.717, 1.165) is 16.0 Å². The summed E-state index contributed by atoms with van der Waals surface area (Å²) in [4.78, 5) is 11.4. The summed E-state index contributed by atoms with van der Waals surface area (Å²) in [6, 6.07) is 13.7. The van der Waals surface area contributed by atoms with E-state index in [0.29, 0.717) is 21.3 Å². The standard InChI is InChI=1S/C20H15F3N6OS/c1-10-15(16(24)29(28-10)18-26-11-6-2-3-7-12(11)27-18)19(30,20(21,22)23)17-25-13-8-4-5-9-14(13)31-17/h2-9,30H,24H2,1H3,(H,26,27)/t19-/m1/s1. The molecular weight excluding hydrogens is 429 g/mol. The maximum atomic E-state index is 14.3. The van der Waals surface area contributed by atoms with E-state index in [9.17, 15) is 18.3 Å². The number of H-pyrrole nitrogens is 1. The Labute approximate surface area is 177 Å². The van der Waals surface area contributed by atoms with Crippen LogP contribution in [0.1, 0.15) is 16.3 Å². The fourth-order valence-corrected chi connectivity index (χ4v) is 4.67. The predicted molar refractivity (Wildman–Crippen MR) is 111 cm³/mol. The van der Waals surface area contributed by atoms with Crippen LogP contribution in [0.15, 0.2) is 48.5 Å². The average Bonchev–Trinajstić information content (AvgIpc) is 3.41. The van der Waals surface area contributed by atoms with Gasteiger partial charge in [0.15, 0.2) is 0 Å². The summed E-state index contributed by atoms with van der Waals surface area (Å²) in [6.07, 6.45) is -5.10. The van der Waals surface area contributed by atoms with E-state index in [1.54, 1.807) is 48.5 Å². The summed E-state index contributed by atoms with van der Waals surface area (Å²) >= 11 is 0.755. The van der Waals surface area contributed by atoms with Crippen LogP contribution in [0.5, 0.6) is 0 Å². The molecule has 158 valence electrons. The zero-order chi connectivity index (χ0) is 22.0. The van der Waals surface area contributed by atoms with Crippen molar-refractivity contribution in [2.45, 2.75) is 18.7 Å². The molecular formula is C20H15F3N6OS. The molecule has 7 nitrogen and oxygen atoms in total. The number of aromatic amines is 1. The number of rotatable bonds is 3. The number of alkyl halides is 3. The first kappa shape index (κ1) is 19.5. The van der Waals surface area contributed by atoms with Gasteiger partial charge in [-0.25, -0.2) is 9.97 Å². The largest absolute Gasteiger partial charge is 0.428 e. The first-order valence-electron chi connectivity index (χ1n) is 9.16. The Morgan fingerprint density at radius 3 is 2.39 bits per heavy atom. The summed E-state index contributed by atoms with van der Waals surface area (Å²) in [5, 5.41) is 14.7. The smallest absolute Gasteiger partial charge is 0.383 e. The van der Waals surface area contributed by atoms with Gasteiger partial charge in [-0.3, -0.25) is 0 Å². The summed E-state index contributed by atoms with van der Waals surface area (Å²) in [5.41, 5.74) is 3.66. The Hall–Kier alpha value is -3.44. The molecule has 0 aliphatic rings. The van der Waals surface area contributed by atoms with Crippen molar-refractivity contribution >= 4 is 38.4 Å². The van der Waals surface area contributed by atoms with Crippen LogP contribution in [0.4, 0.5) is 19.0 Å². The number of nitrogens with one attached hydrogen (secondary N) is 1. The van der Waals surface area contributed by atoms with E-state index < -0.39 is 22.3 Å². The van der Waals surface area contributed by atoms with Crippen molar-refractivity contribution in [3.05, 3.63) is 64.8 Å². The molecule has 5 rings (SSSR count). The Morgan fingerprint density at radius 2 is 1.71 bits per heavy atom. The number of halogens is 3. The third-order valence-electron chi connectivity index (χ3n) is 5.05. The molecule has 0 fully saturated rings. The number of hydrogen-bond donors (Lipinski definition) is 3. The number of aryl methyl sites for hydroxylation is 1. The average molecular weight is 444 g/mol. The minimum Gasteiger partial charge on any atom is -0.383 e. The molecule has 0 bridgehead atoms. The summed E-state index contributed by atoms with van der Waals surface area (Å²) < 4.78 is 44.6. The van der Waals surface area contributed by atoms with Crippen LogP contribution in [-0.2, 0) is 5.60 Å². The molecule has 0 saturated heterocycles.